The summed E-state index contributed by atoms with van der Waals surface area (Å²) in [7, 11) is -2.41. The predicted molar refractivity (Wildman–Crippen MR) is 124 cm³/mol. The Bertz CT molecular complexity index is 935. The molecule has 0 saturated heterocycles. The van der Waals surface area contributed by atoms with Crippen LogP contribution in [0.15, 0.2) is 53.4 Å². The Morgan fingerprint density at radius 3 is 2.20 bits per heavy atom. The second-order valence-electron chi connectivity index (χ2n) is 7.83. The second-order valence-corrected chi connectivity index (χ2v) is 11.6. The highest BCUT2D eigenvalue weighted by atomic mass is 32.2. The fourth-order valence-electron chi connectivity index (χ4n) is 2.64. The summed E-state index contributed by atoms with van der Waals surface area (Å²) in [4.78, 5) is 12.6. The van der Waals surface area contributed by atoms with Crippen LogP contribution in [0.5, 0.6) is 5.75 Å². The molecule has 2 aromatic rings. The van der Waals surface area contributed by atoms with Crippen LogP contribution in [0, 0.1) is 6.92 Å². The van der Waals surface area contributed by atoms with Gasteiger partial charge in [0.15, 0.2) is 0 Å². The predicted octanol–water partition coefficient (Wildman–Crippen LogP) is 3.85. The van der Waals surface area contributed by atoms with Crippen molar-refractivity contribution in [1.82, 2.24) is 5.32 Å². The summed E-state index contributed by atoms with van der Waals surface area (Å²) in [5.41, 5.74) is 1.44. The van der Waals surface area contributed by atoms with Crippen molar-refractivity contribution in [2.75, 3.05) is 30.3 Å². The van der Waals surface area contributed by atoms with Gasteiger partial charge in [0.25, 0.3) is 10.0 Å². The maximum absolute atomic E-state index is 13.3. The summed E-state index contributed by atoms with van der Waals surface area (Å²) in [6.45, 7) is 8.44. The minimum Gasteiger partial charge on any atom is -0.497 e. The monoisotopic (exact) mass is 450 g/mol. The zero-order valence-corrected chi connectivity index (χ0v) is 19.8. The van der Waals surface area contributed by atoms with Gasteiger partial charge < -0.3 is 10.1 Å². The van der Waals surface area contributed by atoms with E-state index in [9.17, 15) is 13.2 Å². The van der Waals surface area contributed by atoms with Crippen LogP contribution in [0.4, 0.5) is 5.69 Å². The van der Waals surface area contributed by atoms with Gasteiger partial charge in [0, 0.05) is 17.0 Å². The molecule has 0 spiro atoms. The van der Waals surface area contributed by atoms with Crippen LogP contribution in [0.1, 0.15) is 26.3 Å². The molecule has 2 aromatic carbocycles. The number of aryl methyl sites for hydroxylation is 1. The van der Waals surface area contributed by atoms with E-state index in [0.717, 1.165) is 15.6 Å². The summed E-state index contributed by atoms with van der Waals surface area (Å²) >= 11 is 1.74. The lowest BCUT2D eigenvalue weighted by atomic mass is 10.2. The van der Waals surface area contributed by atoms with Crippen LogP contribution in [-0.2, 0) is 14.8 Å². The number of thioether (sulfide) groups is 1. The lowest BCUT2D eigenvalue weighted by Crippen LogP contribution is -2.41. The number of methoxy groups -OCH3 is 1. The van der Waals surface area contributed by atoms with Crippen molar-refractivity contribution in [3.8, 4) is 5.75 Å². The van der Waals surface area contributed by atoms with Gasteiger partial charge >= 0.3 is 0 Å². The molecule has 0 atom stereocenters. The van der Waals surface area contributed by atoms with E-state index in [-0.39, 0.29) is 22.1 Å². The van der Waals surface area contributed by atoms with E-state index in [2.05, 4.69) is 26.1 Å². The number of carbonyl (C=O) groups excluding carboxylic acids is 1. The zero-order chi connectivity index (χ0) is 22.4. The lowest BCUT2D eigenvalue weighted by Gasteiger charge is -2.24. The van der Waals surface area contributed by atoms with Gasteiger partial charge in [-0.05, 0) is 43.3 Å². The molecular weight excluding hydrogens is 420 g/mol. The zero-order valence-electron chi connectivity index (χ0n) is 18.1. The Morgan fingerprint density at radius 1 is 1.07 bits per heavy atom. The first-order chi connectivity index (χ1) is 14.0. The van der Waals surface area contributed by atoms with E-state index < -0.39 is 10.0 Å². The third-order valence-corrected chi connectivity index (χ3v) is 7.28. The molecule has 6 nitrogen and oxygen atoms in total. The van der Waals surface area contributed by atoms with Crippen molar-refractivity contribution in [3.05, 3.63) is 54.1 Å². The number of amides is 1. The molecule has 1 N–H and O–H groups in total. The molecule has 0 fully saturated rings. The molecule has 0 heterocycles. The minimum atomic E-state index is -3.93. The van der Waals surface area contributed by atoms with Crippen molar-refractivity contribution >= 4 is 33.4 Å². The quantitative estimate of drug-likeness (QED) is 0.588. The fourth-order valence-corrected chi connectivity index (χ4v) is 4.87. The molecule has 8 heteroatoms. The number of sulfonamides is 1. The summed E-state index contributed by atoms with van der Waals surface area (Å²) in [5.74, 6) is 0.970. The van der Waals surface area contributed by atoms with E-state index >= 15 is 0 Å². The van der Waals surface area contributed by atoms with E-state index in [1.54, 1.807) is 36.0 Å². The maximum Gasteiger partial charge on any atom is 0.264 e. The standard InChI is InChI=1S/C22H30N2O4S2/c1-17-6-8-18(9-7-17)24(16-21(25)23-14-15-29-22(2,3)4)30(26,27)20-12-10-19(28-5)11-13-20/h6-13H,14-16H2,1-5H3,(H,23,25). The number of nitrogens with zero attached hydrogens (tertiary/aromatic N) is 1. The SMILES string of the molecule is COc1ccc(S(=O)(=O)N(CC(=O)NCCSC(C)(C)C)c2ccc(C)cc2)cc1. The van der Waals surface area contributed by atoms with E-state index in [0.29, 0.717) is 18.0 Å². The number of hydrogen-bond donors (Lipinski definition) is 1. The summed E-state index contributed by atoms with van der Waals surface area (Å²) in [6, 6.07) is 13.2. The van der Waals surface area contributed by atoms with E-state index in [4.69, 9.17) is 4.74 Å². The van der Waals surface area contributed by atoms with Crippen LogP contribution >= 0.6 is 11.8 Å². The molecule has 0 bridgehead atoms. The number of hydrogen-bond acceptors (Lipinski definition) is 5. The minimum absolute atomic E-state index is 0.0972. The Morgan fingerprint density at radius 2 is 1.67 bits per heavy atom. The molecule has 2 rings (SSSR count). The molecule has 0 unspecified atom stereocenters. The number of rotatable bonds is 9. The van der Waals surface area contributed by atoms with Crippen molar-refractivity contribution in [2.24, 2.45) is 0 Å². The van der Waals surface area contributed by atoms with Gasteiger partial charge in [-0.2, -0.15) is 11.8 Å². The molecule has 0 aromatic heterocycles. The van der Waals surface area contributed by atoms with Crippen LogP contribution in [0.2, 0.25) is 0 Å². The third kappa shape index (κ3) is 6.95. The highest BCUT2D eigenvalue weighted by Gasteiger charge is 2.27. The van der Waals surface area contributed by atoms with Crippen LogP contribution in [-0.4, -0.2) is 45.0 Å². The lowest BCUT2D eigenvalue weighted by molar-refractivity contribution is -0.119. The first-order valence-electron chi connectivity index (χ1n) is 9.67. The third-order valence-electron chi connectivity index (χ3n) is 4.22. The Balaban J connectivity index is 2.22. The van der Waals surface area contributed by atoms with Crippen molar-refractivity contribution in [1.29, 1.82) is 0 Å². The van der Waals surface area contributed by atoms with Gasteiger partial charge in [0.2, 0.25) is 5.91 Å². The molecule has 0 aliphatic carbocycles. The number of anilines is 1. The van der Waals surface area contributed by atoms with E-state index in [1.807, 2.05) is 19.1 Å². The van der Waals surface area contributed by atoms with Gasteiger partial charge in [-0.15, -0.1) is 0 Å². The summed E-state index contributed by atoms with van der Waals surface area (Å²) < 4.78 is 33.0. The second kappa shape index (κ2) is 10.2. The first kappa shape index (κ1) is 24.1. The van der Waals surface area contributed by atoms with Gasteiger partial charge in [-0.25, -0.2) is 8.42 Å². The molecule has 0 radical (unpaired) electrons. The van der Waals surface area contributed by atoms with Crippen molar-refractivity contribution in [3.63, 3.8) is 0 Å². The van der Waals surface area contributed by atoms with Crippen molar-refractivity contribution in [2.45, 2.75) is 37.3 Å². The van der Waals surface area contributed by atoms with Gasteiger partial charge in [0.05, 0.1) is 17.7 Å². The van der Waals surface area contributed by atoms with Gasteiger partial charge in [-0.3, -0.25) is 9.10 Å². The van der Waals surface area contributed by atoms with Crippen molar-refractivity contribution < 1.29 is 17.9 Å². The normalized spacial score (nSPS) is 11.8. The largest absolute Gasteiger partial charge is 0.497 e. The molecule has 0 aliphatic rings. The molecule has 1 amide bonds. The highest BCUT2D eigenvalue weighted by Crippen LogP contribution is 2.25. The molecule has 164 valence electrons. The number of benzene rings is 2. The molecule has 0 saturated carbocycles. The Labute approximate surface area is 184 Å². The summed E-state index contributed by atoms with van der Waals surface area (Å²) in [5, 5.41) is 2.82. The average molecular weight is 451 g/mol. The molecule has 30 heavy (non-hydrogen) atoms. The Kier molecular flexibility index (Phi) is 8.20. The fraction of sp³-hybridized carbons (Fsp3) is 0.409. The topological polar surface area (TPSA) is 75.7 Å². The molecular formula is C22H30N2O4S2. The maximum atomic E-state index is 13.3. The number of nitrogens with one attached hydrogen (secondary N) is 1. The first-order valence-corrected chi connectivity index (χ1v) is 12.1. The highest BCUT2D eigenvalue weighted by molar-refractivity contribution is 8.00. The smallest absolute Gasteiger partial charge is 0.264 e. The van der Waals surface area contributed by atoms with Crippen LogP contribution in [0.25, 0.3) is 0 Å². The Hall–Kier alpha value is -2.19. The van der Waals surface area contributed by atoms with Gasteiger partial charge in [-0.1, -0.05) is 38.5 Å². The molecule has 0 aliphatic heterocycles. The van der Waals surface area contributed by atoms with E-state index in [1.165, 1.54) is 19.2 Å². The van der Waals surface area contributed by atoms with Crippen LogP contribution in [0.3, 0.4) is 0 Å². The summed E-state index contributed by atoms with van der Waals surface area (Å²) in [6.07, 6.45) is 0. The van der Waals surface area contributed by atoms with Crippen LogP contribution < -0.4 is 14.4 Å². The number of ether oxygens (including phenoxy) is 1. The average Bonchev–Trinajstić information content (AvgIpc) is 2.69. The number of carbonyl (C=O) groups is 1. The van der Waals surface area contributed by atoms with Gasteiger partial charge in [0.1, 0.15) is 12.3 Å².